The molecule has 2 N–H and O–H groups in total. The Hall–Kier alpha value is -3.14. The van der Waals surface area contributed by atoms with E-state index in [4.69, 9.17) is 0 Å². The zero-order valence-corrected chi connectivity index (χ0v) is 13.6. The number of carbonyl (C=O) groups is 1. The van der Waals surface area contributed by atoms with Crippen LogP contribution in [0, 0.1) is 13.8 Å². The largest absolute Gasteiger partial charge is 0.507 e. The first-order valence-electron chi connectivity index (χ1n) is 7.67. The average Bonchev–Trinajstić information content (AvgIpc) is 2.59. The molecule has 1 amide bonds. The van der Waals surface area contributed by atoms with Crippen LogP contribution in [0.25, 0.3) is 10.8 Å². The first-order chi connectivity index (χ1) is 11.6. The highest BCUT2D eigenvalue weighted by atomic mass is 16.3. The number of aryl methyl sites for hydroxylation is 2. The third kappa shape index (κ3) is 3.13. The lowest BCUT2D eigenvalue weighted by Crippen LogP contribution is -2.17. The molecule has 0 radical (unpaired) electrons. The summed E-state index contributed by atoms with van der Waals surface area (Å²) in [5.41, 5.74) is 5.78. The van der Waals surface area contributed by atoms with Crippen LogP contribution in [-0.4, -0.2) is 17.2 Å². The summed E-state index contributed by atoms with van der Waals surface area (Å²) in [5.74, 6) is -0.132. The van der Waals surface area contributed by atoms with Crippen molar-refractivity contribution in [1.82, 2.24) is 5.43 Å². The number of carbonyl (C=O) groups excluding carboxylic acids is 1. The summed E-state index contributed by atoms with van der Waals surface area (Å²) in [5, 5.41) is 15.9. The Balaban J connectivity index is 1.77. The molecule has 0 spiro atoms. The van der Waals surface area contributed by atoms with E-state index in [0.29, 0.717) is 11.1 Å². The zero-order valence-electron chi connectivity index (χ0n) is 13.6. The molecule has 4 heteroatoms. The van der Waals surface area contributed by atoms with Crippen molar-refractivity contribution in [2.24, 2.45) is 5.10 Å². The predicted octanol–water partition coefficient (Wildman–Crippen LogP) is 3.93. The van der Waals surface area contributed by atoms with E-state index in [-0.39, 0.29) is 11.7 Å². The minimum absolute atomic E-state index is 0.150. The van der Waals surface area contributed by atoms with Crippen molar-refractivity contribution in [3.05, 3.63) is 76.9 Å². The Morgan fingerprint density at radius 1 is 1.04 bits per heavy atom. The maximum absolute atomic E-state index is 12.1. The van der Waals surface area contributed by atoms with E-state index in [1.54, 1.807) is 12.1 Å². The van der Waals surface area contributed by atoms with Gasteiger partial charge in [0.1, 0.15) is 5.75 Å². The lowest BCUT2D eigenvalue weighted by Gasteiger charge is -2.05. The van der Waals surface area contributed by atoms with Crippen molar-refractivity contribution in [2.45, 2.75) is 13.8 Å². The van der Waals surface area contributed by atoms with Crippen LogP contribution in [0.1, 0.15) is 27.0 Å². The molecular weight excluding hydrogens is 300 g/mol. The van der Waals surface area contributed by atoms with Crippen LogP contribution in [0.4, 0.5) is 0 Å². The maximum atomic E-state index is 12.1. The normalized spacial score (nSPS) is 11.1. The van der Waals surface area contributed by atoms with Gasteiger partial charge in [-0.05, 0) is 48.6 Å². The number of fused-ring (bicyclic) bond motifs is 1. The van der Waals surface area contributed by atoms with Crippen LogP contribution in [0.5, 0.6) is 5.75 Å². The van der Waals surface area contributed by atoms with Crippen molar-refractivity contribution in [2.75, 3.05) is 0 Å². The van der Waals surface area contributed by atoms with Gasteiger partial charge >= 0.3 is 0 Å². The van der Waals surface area contributed by atoms with Gasteiger partial charge in [0.05, 0.1) is 6.21 Å². The molecule has 24 heavy (non-hydrogen) atoms. The number of nitrogens with one attached hydrogen (secondary N) is 1. The summed E-state index contributed by atoms with van der Waals surface area (Å²) < 4.78 is 0. The number of amides is 1. The Kier molecular flexibility index (Phi) is 4.29. The Labute approximate surface area is 140 Å². The highest BCUT2D eigenvalue weighted by Crippen LogP contribution is 2.27. The highest BCUT2D eigenvalue weighted by molar-refractivity contribution is 5.98. The van der Waals surface area contributed by atoms with Gasteiger partial charge in [0, 0.05) is 16.5 Å². The van der Waals surface area contributed by atoms with E-state index in [0.717, 1.165) is 21.9 Å². The van der Waals surface area contributed by atoms with Gasteiger partial charge in [-0.2, -0.15) is 5.10 Å². The fourth-order valence-electron chi connectivity index (χ4n) is 2.48. The van der Waals surface area contributed by atoms with Gasteiger partial charge in [0.25, 0.3) is 5.91 Å². The predicted molar refractivity (Wildman–Crippen MR) is 96.6 cm³/mol. The number of aromatic hydroxyl groups is 1. The summed E-state index contributed by atoms with van der Waals surface area (Å²) in [6, 6.07) is 16.7. The van der Waals surface area contributed by atoms with E-state index in [1.807, 2.05) is 56.3 Å². The van der Waals surface area contributed by atoms with Crippen molar-refractivity contribution >= 4 is 22.9 Å². The van der Waals surface area contributed by atoms with E-state index in [1.165, 1.54) is 6.21 Å². The molecule has 120 valence electrons. The molecule has 3 aromatic carbocycles. The van der Waals surface area contributed by atoms with Crippen LogP contribution in [0.3, 0.4) is 0 Å². The number of rotatable bonds is 3. The number of hydrazone groups is 1. The molecule has 3 aromatic rings. The molecule has 0 aromatic heterocycles. The molecule has 0 unspecified atom stereocenters. The van der Waals surface area contributed by atoms with Crippen LogP contribution in [0.15, 0.2) is 59.7 Å². The van der Waals surface area contributed by atoms with E-state index >= 15 is 0 Å². The molecule has 0 saturated carbocycles. The number of hydrogen-bond acceptors (Lipinski definition) is 3. The maximum Gasteiger partial charge on any atom is 0.271 e. The van der Waals surface area contributed by atoms with Crippen molar-refractivity contribution in [3.63, 3.8) is 0 Å². The van der Waals surface area contributed by atoms with Gasteiger partial charge < -0.3 is 5.11 Å². The Morgan fingerprint density at radius 2 is 1.83 bits per heavy atom. The lowest BCUT2D eigenvalue weighted by atomic mass is 10.1. The topological polar surface area (TPSA) is 61.7 Å². The van der Waals surface area contributed by atoms with Crippen molar-refractivity contribution < 1.29 is 9.90 Å². The second-order valence-electron chi connectivity index (χ2n) is 5.72. The summed E-state index contributed by atoms with van der Waals surface area (Å²) in [7, 11) is 0. The number of hydrogen-bond donors (Lipinski definition) is 2. The number of phenols is 1. The molecule has 0 atom stereocenters. The second kappa shape index (κ2) is 6.54. The summed E-state index contributed by atoms with van der Waals surface area (Å²) in [4.78, 5) is 12.1. The Morgan fingerprint density at radius 3 is 2.62 bits per heavy atom. The van der Waals surface area contributed by atoms with Gasteiger partial charge in [-0.15, -0.1) is 0 Å². The number of benzene rings is 3. The molecule has 0 aliphatic carbocycles. The molecule has 0 heterocycles. The molecular formula is C20H18N2O2. The third-order valence-electron chi connectivity index (χ3n) is 4.07. The van der Waals surface area contributed by atoms with Crippen molar-refractivity contribution in [1.29, 1.82) is 0 Å². The quantitative estimate of drug-likeness (QED) is 0.568. The average molecular weight is 318 g/mol. The van der Waals surface area contributed by atoms with Gasteiger partial charge in [0.2, 0.25) is 0 Å². The molecule has 0 aliphatic heterocycles. The van der Waals surface area contributed by atoms with Gasteiger partial charge in [-0.3, -0.25) is 4.79 Å². The standard InChI is InChI=1S/C20H18N2O2/c1-13-7-8-16(11-14(13)2)20(24)22-21-12-17-10-9-15-5-3-4-6-18(15)19(17)23/h3-12,23H,1-2H3,(H,22,24). The summed E-state index contributed by atoms with van der Waals surface area (Å²) in [6.07, 6.45) is 1.45. The SMILES string of the molecule is Cc1ccc(C(=O)NN=Cc2ccc3ccccc3c2O)cc1C. The van der Waals surface area contributed by atoms with Gasteiger partial charge in [0.15, 0.2) is 0 Å². The lowest BCUT2D eigenvalue weighted by molar-refractivity contribution is 0.0955. The molecule has 3 rings (SSSR count). The third-order valence-corrected chi connectivity index (χ3v) is 4.07. The molecule has 0 aliphatic rings. The number of nitrogens with zero attached hydrogens (tertiary/aromatic N) is 1. The van der Waals surface area contributed by atoms with Crippen LogP contribution in [0.2, 0.25) is 0 Å². The van der Waals surface area contributed by atoms with Gasteiger partial charge in [-0.1, -0.05) is 36.4 Å². The smallest absolute Gasteiger partial charge is 0.271 e. The molecule has 0 saturated heterocycles. The first-order valence-corrected chi connectivity index (χ1v) is 7.67. The van der Waals surface area contributed by atoms with Crippen LogP contribution in [-0.2, 0) is 0 Å². The van der Waals surface area contributed by atoms with E-state index in [2.05, 4.69) is 10.5 Å². The summed E-state index contributed by atoms with van der Waals surface area (Å²) >= 11 is 0. The van der Waals surface area contributed by atoms with Crippen molar-refractivity contribution in [3.8, 4) is 5.75 Å². The number of phenolic OH excluding ortho intramolecular Hbond substituents is 1. The van der Waals surface area contributed by atoms with Crippen LogP contribution >= 0.6 is 0 Å². The fraction of sp³-hybridized carbons (Fsp3) is 0.100. The second-order valence-corrected chi connectivity index (χ2v) is 5.72. The highest BCUT2D eigenvalue weighted by Gasteiger charge is 2.06. The monoisotopic (exact) mass is 318 g/mol. The Bertz CT molecular complexity index is 946. The van der Waals surface area contributed by atoms with Gasteiger partial charge in [-0.25, -0.2) is 5.43 Å². The summed E-state index contributed by atoms with van der Waals surface area (Å²) in [6.45, 7) is 3.96. The fourth-order valence-corrected chi connectivity index (χ4v) is 2.48. The minimum Gasteiger partial charge on any atom is -0.507 e. The van der Waals surface area contributed by atoms with E-state index < -0.39 is 0 Å². The minimum atomic E-state index is -0.283. The van der Waals surface area contributed by atoms with E-state index in [9.17, 15) is 9.90 Å². The zero-order chi connectivity index (χ0) is 17.1. The molecule has 0 fully saturated rings. The first kappa shape index (κ1) is 15.7. The van der Waals surface area contributed by atoms with Crippen LogP contribution < -0.4 is 5.43 Å². The molecule has 0 bridgehead atoms. The molecule has 4 nitrogen and oxygen atoms in total.